The van der Waals surface area contributed by atoms with Crippen molar-refractivity contribution in [2.24, 2.45) is 5.41 Å². The van der Waals surface area contributed by atoms with Crippen molar-refractivity contribution in [2.45, 2.75) is 88.8 Å². The standard InChI is InChI=1S/C16H27F3N2O3S/c1-12(2,3)21(11(22)23)15-7-14(8-15,9-15)10(16(17,18)19)20-25(24)13(4,5)6/h10,20H,7-9H2,1-6H3,(H,22,23). The molecule has 1 amide bonds. The average Bonchev–Trinajstić information content (AvgIpc) is 2.23. The molecule has 5 nitrogen and oxygen atoms in total. The van der Waals surface area contributed by atoms with Crippen molar-refractivity contribution < 1.29 is 27.6 Å². The summed E-state index contributed by atoms with van der Waals surface area (Å²) in [5.41, 5.74) is -2.50. The molecule has 3 aliphatic rings. The molecule has 0 heterocycles. The number of nitrogens with zero attached hydrogens (tertiary/aromatic N) is 1. The van der Waals surface area contributed by atoms with Crippen LogP contribution in [0, 0.1) is 5.41 Å². The van der Waals surface area contributed by atoms with E-state index in [-0.39, 0.29) is 19.3 Å². The van der Waals surface area contributed by atoms with Gasteiger partial charge in [-0.25, -0.2) is 4.79 Å². The van der Waals surface area contributed by atoms with Crippen LogP contribution in [0.3, 0.4) is 0 Å². The lowest BCUT2D eigenvalue weighted by molar-refractivity contribution is -0.288. The number of nitrogens with one attached hydrogen (secondary N) is 1. The minimum Gasteiger partial charge on any atom is -0.598 e. The van der Waals surface area contributed by atoms with Crippen molar-refractivity contribution in [1.82, 2.24) is 9.62 Å². The van der Waals surface area contributed by atoms with Gasteiger partial charge < -0.3 is 9.66 Å². The fraction of sp³-hybridized carbons (Fsp3) is 0.938. The van der Waals surface area contributed by atoms with Crippen LogP contribution in [0.2, 0.25) is 0 Å². The molecular formula is C16H27F3N2O3S. The van der Waals surface area contributed by atoms with Crippen molar-refractivity contribution >= 4 is 17.5 Å². The van der Waals surface area contributed by atoms with Gasteiger partial charge in [-0.3, -0.25) is 4.90 Å². The molecule has 9 heteroatoms. The highest BCUT2D eigenvalue weighted by molar-refractivity contribution is 7.90. The second kappa shape index (κ2) is 5.66. The predicted molar refractivity (Wildman–Crippen MR) is 89.5 cm³/mol. The zero-order valence-corrected chi connectivity index (χ0v) is 16.3. The summed E-state index contributed by atoms with van der Waals surface area (Å²) in [5.74, 6) is 0. The molecule has 2 unspecified atom stereocenters. The highest BCUT2D eigenvalue weighted by Gasteiger charge is 2.79. The van der Waals surface area contributed by atoms with E-state index in [1.165, 1.54) is 4.90 Å². The van der Waals surface area contributed by atoms with Crippen LogP contribution in [0.5, 0.6) is 0 Å². The molecule has 0 aliphatic heterocycles. The van der Waals surface area contributed by atoms with Crippen LogP contribution in [-0.2, 0) is 11.4 Å². The van der Waals surface area contributed by atoms with Gasteiger partial charge in [0.2, 0.25) is 0 Å². The molecule has 0 radical (unpaired) electrons. The number of rotatable bonds is 4. The molecule has 3 rings (SSSR count). The van der Waals surface area contributed by atoms with Crippen molar-refractivity contribution in [2.75, 3.05) is 0 Å². The first-order chi connectivity index (χ1) is 10.9. The second-order valence-electron chi connectivity index (χ2n) is 9.38. The van der Waals surface area contributed by atoms with Crippen LogP contribution >= 0.6 is 0 Å². The Hall–Kier alpha value is -0.670. The number of hydrogen-bond acceptors (Lipinski definition) is 3. The largest absolute Gasteiger partial charge is 0.598 e. The Morgan fingerprint density at radius 2 is 1.60 bits per heavy atom. The van der Waals surface area contributed by atoms with E-state index in [0.717, 1.165) is 0 Å². The van der Waals surface area contributed by atoms with Crippen LogP contribution < -0.4 is 4.72 Å². The first-order valence-electron chi connectivity index (χ1n) is 8.23. The molecule has 25 heavy (non-hydrogen) atoms. The van der Waals surface area contributed by atoms with E-state index in [1.54, 1.807) is 41.5 Å². The van der Waals surface area contributed by atoms with Gasteiger partial charge in [0.15, 0.2) is 6.04 Å². The summed E-state index contributed by atoms with van der Waals surface area (Å²) in [6.07, 6.45) is -5.23. The summed E-state index contributed by atoms with van der Waals surface area (Å²) in [5, 5.41) is 9.51. The molecule has 2 atom stereocenters. The van der Waals surface area contributed by atoms with Crippen LogP contribution in [0.1, 0.15) is 60.8 Å². The lowest BCUT2D eigenvalue weighted by atomic mass is 9.36. The Balaban J connectivity index is 2.19. The van der Waals surface area contributed by atoms with Crippen LogP contribution in [0.25, 0.3) is 0 Å². The summed E-state index contributed by atoms with van der Waals surface area (Å²) in [6.45, 7) is 10.0. The molecule has 0 aromatic carbocycles. The van der Waals surface area contributed by atoms with Crippen molar-refractivity contribution in [3.05, 3.63) is 0 Å². The summed E-state index contributed by atoms with van der Waals surface area (Å²) in [7, 11) is 0. The van der Waals surface area contributed by atoms with Gasteiger partial charge in [0, 0.05) is 27.9 Å². The third-order valence-corrected chi connectivity index (χ3v) is 6.66. The maximum absolute atomic E-state index is 13.6. The predicted octanol–water partition coefficient (Wildman–Crippen LogP) is 3.67. The van der Waals surface area contributed by atoms with Gasteiger partial charge in [0.1, 0.15) is 4.75 Å². The minimum atomic E-state index is -4.54. The first kappa shape index (κ1) is 20.6. The monoisotopic (exact) mass is 384 g/mol. The lowest BCUT2D eigenvalue weighted by Crippen LogP contribution is -2.83. The second-order valence-corrected chi connectivity index (χ2v) is 11.4. The smallest absolute Gasteiger partial charge is 0.408 e. The number of carboxylic acid groups (broad SMARTS) is 1. The Morgan fingerprint density at radius 1 is 1.16 bits per heavy atom. The maximum Gasteiger partial charge on any atom is 0.408 e. The van der Waals surface area contributed by atoms with Crippen molar-refractivity contribution in [3.8, 4) is 0 Å². The van der Waals surface area contributed by atoms with Crippen molar-refractivity contribution in [3.63, 3.8) is 0 Å². The highest BCUT2D eigenvalue weighted by Crippen LogP contribution is 2.73. The third kappa shape index (κ3) is 3.47. The molecule has 3 saturated carbocycles. The van der Waals surface area contributed by atoms with Gasteiger partial charge in [0.05, 0.1) is 0 Å². The minimum absolute atomic E-state index is 0.141. The Kier molecular flexibility index (Phi) is 4.67. The van der Waals surface area contributed by atoms with Gasteiger partial charge in [-0.15, -0.1) is 4.72 Å². The van der Waals surface area contributed by atoms with E-state index in [9.17, 15) is 27.6 Å². The van der Waals surface area contributed by atoms with Gasteiger partial charge in [0.25, 0.3) is 0 Å². The lowest BCUT2D eigenvalue weighted by Gasteiger charge is -2.76. The molecule has 146 valence electrons. The first-order valence-corrected chi connectivity index (χ1v) is 9.38. The molecule has 2 N–H and O–H groups in total. The maximum atomic E-state index is 13.6. The summed E-state index contributed by atoms with van der Waals surface area (Å²) in [4.78, 5) is 12.9. The Morgan fingerprint density at radius 3 is 1.88 bits per heavy atom. The van der Waals surface area contributed by atoms with E-state index < -0.39 is 50.9 Å². The number of carbonyl (C=O) groups is 1. The van der Waals surface area contributed by atoms with Crippen LogP contribution in [0.4, 0.5) is 18.0 Å². The molecule has 2 bridgehead atoms. The Labute approximate surface area is 149 Å². The number of amides is 1. The van der Waals surface area contributed by atoms with Crippen LogP contribution in [0.15, 0.2) is 0 Å². The molecule has 3 fully saturated rings. The van der Waals surface area contributed by atoms with E-state index in [2.05, 4.69) is 4.72 Å². The fourth-order valence-corrected chi connectivity index (χ4v) is 5.33. The summed E-state index contributed by atoms with van der Waals surface area (Å²) < 4.78 is 54.5. The molecule has 3 aliphatic carbocycles. The molecule has 0 aromatic rings. The van der Waals surface area contributed by atoms with Crippen LogP contribution in [-0.4, -0.2) is 48.7 Å². The van der Waals surface area contributed by atoms with Gasteiger partial charge in [-0.2, -0.15) is 13.2 Å². The topological polar surface area (TPSA) is 75.6 Å². The van der Waals surface area contributed by atoms with Gasteiger partial charge in [-0.05, 0) is 60.8 Å². The molecule has 0 saturated heterocycles. The van der Waals surface area contributed by atoms with Gasteiger partial charge >= 0.3 is 12.3 Å². The fourth-order valence-electron chi connectivity index (χ4n) is 4.38. The Bertz CT molecular complexity index is 535. The summed E-state index contributed by atoms with van der Waals surface area (Å²) in [6, 6.07) is -1.89. The van der Waals surface area contributed by atoms with E-state index in [0.29, 0.717) is 0 Å². The highest BCUT2D eigenvalue weighted by atomic mass is 32.2. The van der Waals surface area contributed by atoms with E-state index in [1.807, 2.05) is 0 Å². The molecule has 0 spiro atoms. The zero-order valence-electron chi connectivity index (χ0n) is 15.5. The third-order valence-electron chi connectivity index (χ3n) is 5.10. The number of alkyl halides is 3. The molecular weight excluding hydrogens is 357 g/mol. The molecule has 0 aromatic heterocycles. The van der Waals surface area contributed by atoms with E-state index >= 15 is 0 Å². The average molecular weight is 384 g/mol. The SMILES string of the molecule is CC(C)(C)N(C(=O)O)C12CC(C(N[S+]([O-])C(C)(C)C)C(F)(F)F)(C1)C2. The van der Waals surface area contributed by atoms with Gasteiger partial charge in [-0.1, -0.05) is 0 Å². The van der Waals surface area contributed by atoms with Crippen molar-refractivity contribution in [1.29, 1.82) is 0 Å². The number of hydrogen-bond donors (Lipinski definition) is 2. The zero-order chi connectivity index (χ0) is 19.6. The normalized spacial score (nSPS) is 31.6. The number of halogens is 3. The quantitative estimate of drug-likeness (QED) is 0.725. The summed E-state index contributed by atoms with van der Waals surface area (Å²) >= 11 is -1.85. The van der Waals surface area contributed by atoms with E-state index in [4.69, 9.17) is 0 Å².